The van der Waals surface area contributed by atoms with E-state index < -0.39 is 0 Å². The molecule has 0 bridgehead atoms. The van der Waals surface area contributed by atoms with Crippen molar-refractivity contribution in [3.05, 3.63) is 23.2 Å². The largest absolute Gasteiger partial charge is 0.468 e. The third-order valence-corrected chi connectivity index (χ3v) is 4.24. The number of esters is 1. The molecular formula is C10H8ClNO2S2. The molecule has 0 saturated carbocycles. The highest BCUT2D eigenvalue weighted by Crippen LogP contribution is 2.31. The molecule has 84 valence electrons. The molecule has 6 heteroatoms. The smallest absolute Gasteiger partial charge is 0.316 e. The van der Waals surface area contributed by atoms with Gasteiger partial charge in [-0.25, -0.2) is 4.98 Å². The molecule has 16 heavy (non-hydrogen) atoms. The monoisotopic (exact) mass is 273 g/mol. The summed E-state index contributed by atoms with van der Waals surface area (Å²) in [6.07, 6.45) is 0. The predicted molar refractivity (Wildman–Crippen MR) is 67.4 cm³/mol. The fourth-order valence-corrected chi connectivity index (χ4v) is 3.30. The normalized spacial score (nSPS) is 10.6. The fraction of sp³-hybridized carbons (Fsp3) is 0.200. The zero-order valence-electron chi connectivity index (χ0n) is 8.40. The summed E-state index contributed by atoms with van der Waals surface area (Å²) in [5.74, 6) is 0.0339. The van der Waals surface area contributed by atoms with Gasteiger partial charge in [-0.3, -0.25) is 4.79 Å². The number of nitrogens with zero attached hydrogens (tertiary/aromatic N) is 1. The van der Waals surface area contributed by atoms with Crippen LogP contribution in [0, 0.1) is 0 Å². The van der Waals surface area contributed by atoms with Gasteiger partial charge in [0.1, 0.15) is 0 Å². The first-order chi connectivity index (χ1) is 7.69. The molecule has 1 aromatic carbocycles. The van der Waals surface area contributed by atoms with Crippen molar-refractivity contribution in [1.82, 2.24) is 4.98 Å². The Morgan fingerprint density at radius 2 is 2.44 bits per heavy atom. The third kappa shape index (κ3) is 2.66. The van der Waals surface area contributed by atoms with E-state index in [4.69, 9.17) is 11.6 Å². The molecule has 0 aliphatic carbocycles. The Bertz CT molecular complexity index is 527. The van der Waals surface area contributed by atoms with Crippen molar-refractivity contribution < 1.29 is 9.53 Å². The minimum absolute atomic E-state index is 0.248. The minimum Gasteiger partial charge on any atom is -0.468 e. The maximum absolute atomic E-state index is 11.0. The number of halogens is 1. The molecule has 0 aliphatic rings. The second-order valence-electron chi connectivity index (χ2n) is 2.96. The lowest BCUT2D eigenvalue weighted by atomic mass is 10.3. The number of methoxy groups -OCH3 is 1. The highest BCUT2D eigenvalue weighted by Gasteiger charge is 2.07. The summed E-state index contributed by atoms with van der Waals surface area (Å²) in [5, 5.41) is 0.695. The van der Waals surface area contributed by atoms with E-state index in [1.165, 1.54) is 30.2 Å². The lowest BCUT2D eigenvalue weighted by Crippen LogP contribution is -2.02. The quantitative estimate of drug-likeness (QED) is 0.636. The molecule has 2 rings (SSSR count). The summed E-state index contributed by atoms with van der Waals surface area (Å²) in [4.78, 5) is 15.3. The summed E-state index contributed by atoms with van der Waals surface area (Å²) in [6.45, 7) is 0. The van der Waals surface area contributed by atoms with Crippen LogP contribution in [0.15, 0.2) is 22.5 Å². The average Bonchev–Trinajstić information content (AvgIpc) is 2.67. The molecule has 0 spiro atoms. The number of benzene rings is 1. The zero-order chi connectivity index (χ0) is 11.5. The summed E-state index contributed by atoms with van der Waals surface area (Å²) < 4.78 is 6.44. The number of aromatic nitrogens is 1. The second-order valence-corrected chi connectivity index (χ2v) is 5.65. The van der Waals surface area contributed by atoms with Gasteiger partial charge in [-0.1, -0.05) is 23.4 Å². The molecule has 1 aromatic heterocycles. The SMILES string of the molecule is COC(=O)CSc1nc2ccc(Cl)cc2s1. The number of hydrogen-bond acceptors (Lipinski definition) is 5. The molecule has 2 aromatic rings. The Morgan fingerprint density at radius 1 is 1.62 bits per heavy atom. The van der Waals surface area contributed by atoms with Crippen molar-refractivity contribution >= 4 is 50.9 Å². The van der Waals surface area contributed by atoms with Crippen molar-refractivity contribution in [3.8, 4) is 0 Å². The van der Waals surface area contributed by atoms with Gasteiger partial charge in [0.25, 0.3) is 0 Å². The number of rotatable bonds is 3. The topological polar surface area (TPSA) is 39.2 Å². The molecule has 0 saturated heterocycles. The van der Waals surface area contributed by atoms with Crippen LogP contribution in [-0.2, 0) is 9.53 Å². The van der Waals surface area contributed by atoms with Crippen LogP contribution in [0.5, 0.6) is 0 Å². The Balaban J connectivity index is 2.16. The van der Waals surface area contributed by atoms with Crippen LogP contribution in [0.4, 0.5) is 0 Å². The maximum atomic E-state index is 11.0. The van der Waals surface area contributed by atoms with Crippen LogP contribution in [0.3, 0.4) is 0 Å². The van der Waals surface area contributed by atoms with Crippen LogP contribution in [0.1, 0.15) is 0 Å². The highest BCUT2D eigenvalue weighted by molar-refractivity contribution is 8.01. The van der Waals surface area contributed by atoms with E-state index in [0.29, 0.717) is 5.02 Å². The van der Waals surface area contributed by atoms with Crippen LogP contribution in [-0.4, -0.2) is 23.8 Å². The standard InChI is InChI=1S/C10H8ClNO2S2/c1-14-9(13)5-15-10-12-7-3-2-6(11)4-8(7)16-10/h2-4H,5H2,1H3. The van der Waals surface area contributed by atoms with Crippen LogP contribution in [0.25, 0.3) is 10.2 Å². The first kappa shape index (κ1) is 11.7. The average molecular weight is 274 g/mol. The first-order valence-corrected chi connectivity index (χ1v) is 6.63. The van der Waals surface area contributed by atoms with Gasteiger partial charge in [0.2, 0.25) is 0 Å². The van der Waals surface area contributed by atoms with Crippen molar-refractivity contribution in [2.45, 2.75) is 4.34 Å². The number of carbonyl (C=O) groups is 1. The number of hydrogen-bond donors (Lipinski definition) is 0. The Kier molecular flexibility index (Phi) is 3.68. The molecule has 0 atom stereocenters. The van der Waals surface area contributed by atoms with Crippen molar-refractivity contribution in [3.63, 3.8) is 0 Å². The van der Waals surface area contributed by atoms with E-state index in [1.807, 2.05) is 12.1 Å². The number of fused-ring (bicyclic) bond motifs is 1. The van der Waals surface area contributed by atoms with Crippen molar-refractivity contribution in [1.29, 1.82) is 0 Å². The molecule has 0 fully saturated rings. The molecular weight excluding hydrogens is 266 g/mol. The lowest BCUT2D eigenvalue weighted by Gasteiger charge is -1.94. The third-order valence-electron chi connectivity index (χ3n) is 1.87. The molecule has 1 heterocycles. The van der Waals surface area contributed by atoms with Gasteiger partial charge in [0.05, 0.1) is 23.1 Å². The fourth-order valence-electron chi connectivity index (χ4n) is 1.12. The van der Waals surface area contributed by atoms with Gasteiger partial charge in [-0.2, -0.15) is 0 Å². The molecule has 0 aliphatic heterocycles. The second kappa shape index (κ2) is 5.03. The molecule has 0 N–H and O–H groups in total. The van der Waals surface area contributed by atoms with Gasteiger partial charge in [0.15, 0.2) is 4.34 Å². The predicted octanol–water partition coefficient (Wildman–Crippen LogP) is 3.21. The van der Waals surface area contributed by atoms with E-state index in [2.05, 4.69) is 9.72 Å². The molecule has 0 radical (unpaired) electrons. The van der Waals surface area contributed by atoms with E-state index in [9.17, 15) is 4.79 Å². The van der Waals surface area contributed by atoms with Gasteiger partial charge in [-0.05, 0) is 18.2 Å². The Morgan fingerprint density at radius 3 is 3.19 bits per heavy atom. The van der Waals surface area contributed by atoms with Crippen LogP contribution in [0.2, 0.25) is 5.02 Å². The molecule has 0 unspecified atom stereocenters. The summed E-state index contributed by atoms with van der Waals surface area (Å²) in [6, 6.07) is 5.55. The number of thioether (sulfide) groups is 1. The number of ether oxygens (including phenoxy) is 1. The summed E-state index contributed by atoms with van der Waals surface area (Å²) in [7, 11) is 1.38. The van der Waals surface area contributed by atoms with Crippen LogP contribution < -0.4 is 0 Å². The van der Waals surface area contributed by atoms with E-state index >= 15 is 0 Å². The van der Waals surface area contributed by atoms with Gasteiger partial charge in [0, 0.05) is 5.02 Å². The van der Waals surface area contributed by atoms with Crippen molar-refractivity contribution in [2.75, 3.05) is 12.9 Å². The van der Waals surface area contributed by atoms with E-state index in [1.54, 1.807) is 6.07 Å². The number of carbonyl (C=O) groups excluding carboxylic acids is 1. The van der Waals surface area contributed by atoms with Crippen molar-refractivity contribution in [2.24, 2.45) is 0 Å². The Hall–Kier alpha value is -0.780. The lowest BCUT2D eigenvalue weighted by molar-refractivity contribution is -0.137. The van der Waals surface area contributed by atoms with Gasteiger partial charge in [-0.15, -0.1) is 11.3 Å². The maximum Gasteiger partial charge on any atom is 0.316 e. The van der Waals surface area contributed by atoms with E-state index in [0.717, 1.165) is 14.6 Å². The Labute approximate surface area is 106 Å². The highest BCUT2D eigenvalue weighted by atomic mass is 35.5. The summed E-state index contributed by atoms with van der Waals surface area (Å²) in [5.41, 5.74) is 0.904. The van der Waals surface area contributed by atoms with Gasteiger partial charge >= 0.3 is 5.97 Å². The number of thiazole rings is 1. The van der Waals surface area contributed by atoms with E-state index in [-0.39, 0.29) is 11.7 Å². The zero-order valence-corrected chi connectivity index (χ0v) is 10.8. The first-order valence-electron chi connectivity index (χ1n) is 4.45. The summed E-state index contributed by atoms with van der Waals surface area (Å²) >= 11 is 8.77. The molecule has 0 amide bonds. The van der Waals surface area contributed by atoms with Gasteiger partial charge < -0.3 is 4.74 Å². The molecule has 3 nitrogen and oxygen atoms in total. The van der Waals surface area contributed by atoms with Crippen LogP contribution >= 0.6 is 34.7 Å². The minimum atomic E-state index is -0.248.